The fourth-order valence-electron chi connectivity index (χ4n) is 3.18. The molecule has 1 aromatic rings. The lowest BCUT2D eigenvalue weighted by Gasteiger charge is -2.37. The minimum atomic E-state index is -3.20. The standard InChI is InChI=1S/C15H25NO2S2/c1-4-16-13-8-7-12(11(2)3)10-14(13)20(17,18)15-6-5-9-19-15/h5-6,9,11-14,16H,4,7-8,10H2,1-3H3. The van der Waals surface area contributed by atoms with Gasteiger partial charge in [-0.2, -0.15) is 0 Å². The molecule has 0 bridgehead atoms. The lowest BCUT2D eigenvalue weighted by Crippen LogP contribution is -2.48. The number of rotatable bonds is 5. The Morgan fingerprint density at radius 1 is 1.40 bits per heavy atom. The first-order chi connectivity index (χ1) is 9.46. The Hall–Kier alpha value is -0.390. The SMILES string of the molecule is CCNC1CCC(C(C)C)CC1S(=O)(=O)c1cccs1. The predicted molar refractivity (Wildman–Crippen MR) is 84.9 cm³/mol. The summed E-state index contributed by atoms with van der Waals surface area (Å²) in [7, 11) is -3.20. The van der Waals surface area contributed by atoms with Crippen LogP contribution in [0.5, 0.6) is 0 Å². The summed E-state index contributed by atoms with van der Waals surface area (Å²) in [5.74, 6) is 1.07. The molecule has 1 heterocycles. The summed E-state index contributed by atoms with van der Waals surface area (Å²) in [6, 6.07) is 3.66. The lowest BCUT2D eigenvalue weighted by molar-refractivity contribution is 0.242. The van der Waals surface area contributed by atoms with Crippen LogP contribution in [0.4, 0.5) is 0 Å². The van der Waals surface area contributed by atoms with Gasteiger partial charge in [0.2, 0.25) is 0 Å². The Labute approximate surface area is 126 Å². The van der Waals surface area contributed by atoms with Crippen molar-refractivity contribution in [2.45, 2.75) is 55.5 Å². The van der Waals surface area contributed by atoms with Crippen molar-refractivity contribution in [1.82, 2.24) is 5.32 Å². The van der Waals surface area contributed by atoms with E-state index in [0.717, 1.165) is 25.8 Å². The van der Waals surface area contributed by atoms with Gasteiger partial charge in [0.15, 0.2) is 9.84 Å². The van der Waals surface area contributed by atoms with Gasteiger partial charge < -0.3 is 5.32 Å². The van der Waals surface area contributed by atoms with E-state index in [1.165, 1.54) is 11.3 Å². The molecule has 1 N–H and O–H groups in total. The Morgan fingerprint density at radius 3 is 2.70 bits per heavy atom. The maximum atomic E-state index is 12.9. The molecule has 2 rings (SSSR count). The van der Waals surface area contributed by atoms with Gasteiger partial charge in [-0.15, -0.1) is 11.3 Å². The van der Waals surface area contributed by atoms with Crippen LogP contribution in [-0.2, 0) is 9.84 Å². The van der Waals surface area contributed by atoms with Crippen LogP contribution in [0.25, 0.3) is 0 Å². The largest absolute Gasteiger partial charge is 0.313 e. The molecule has 0 spiro atoms. The number of sulfone groups is 1. The fraction of sp³-hybridized carbons (Fsp3) is 0.733. The molecule has 5 heteroatoms. The highest BCUT2D eigenvalue weighted by atomic mass is 32.2. The second-order valence-electron chi connectivity index (χ2n) is 6.00. The minimum Gasteiger partial charge on any atom is -0.313 e. The second kappa shape index (κ2) is 6.58. The molecular weight excluding hydrogens is 290 g/mol. The van der Waals surface area contributed by atoms with E-state index < -0.39 is 9.84 Å². The molecule has 1 aliphatic carbocycles. The summed E-state index contributed by atoms with van der Waals surface area (Å²) in [5, 5.41) is 4.96. The van der Waals surface area contributed by atoms with E-state index in [-0.39, 0.29) is 11.3 Å². The molecule has 0 radical (unpaired) electrons. The monoisotopic (exact) mass is 315 g/mol. The highest BCUT2D eigenvalue weighted by Gasteiger charge is 2.40. The van der Waals surface area contributed by atoms with Gasteiger partial charge in [0.1, 0.15) is 4.21 Å². The third-order valence-corrected chi connectivity index (χ3v) is 8.08. The van der Waals surface area contributed by atoms with Crippen LogP contribution < -0.4 is 5.32 Å². The van der Waals surface area contributed by atoms with Crippen molar-refractivity contribution in [2.75, 3.05) is 6.54 Å². The van der Waals surface area contributed by atoms with Crippen LogP contribution in [0.2, 0.25) is 0 Å². The van der Waals surface area contributed by atoms with Gasteiger partial charge in [-0.3, -0.25) is 0 Å². The van der Waals surface area contributed by atoms with Gasteiger partial charge in [-0.05, 0) is 49.1 Å². The van der Waals surface area contributed by atoms with Crippen molar-refractivity contribution in [3.05, 3.63) is 17.5 Å². The van der Waals surface area contributed by atoms with Gasteiger partial charge in [-0.1, -0.05) is 26.8 Å². The maximum absolute atomic E-state index is 12.9. The summed E-state index contributed by atoms with van der Waals surface area (Å²) >= 11 is 1.34. The van der Waals surface area contributed by atoms with Crippen LogP contribution in [-0.4, -0.2) is 26.3 Å². The van der Waals surface area contributed by atoms with E-state index in [2.05, 4.69) is 19.2 Å². The van der Waals surface area contributed by atoms with Gasteiger partial charge in [0, 0.05) is 6.04 Å². The molecule has 0 aromatic carbocycles. The number of thiophene rings is 1. The predicted octanol–water partition coefficient (Wildman–Crippen LogP) is 3.32. The van der Waals surface area contributed by atoms with Crippen molar-refractivity contribution in [1.29, 1.82) is 0 Å². The average Bonchev–Trinajstić information content (AvgIpc) is 2.93. The molecule has 0 saturated heterocycles. The molecule has 1 aliphatic rings. The van der Waals surface area contributed by atoms with Crippen LogP contribution in [0.3, 0.4) is 0 Å². The summed E-state index contributed by atoms with van der Waals surface area (Å²) in [4.78, 5) is 0. The smallest absolute Gasteiger partial charge is 0.192 e. The zero-order chi connectivity index (χ0) is 14.8. The highest BCUT2D eigenvalue weighted by Crippen LogP contribution is 2.36. The first-order valence-corrected chi connectivity index (χ1v) is 9.90. The van der Waals surface area contributed by atoms with E-state index in [4.69, 9.17) is 0 Å². The zero-order valence-electron chi connectivity index (χ0n) is 12.5. The highest BCUT2D eigenvalue weighted by molar-refractivity contribution is 7.94. The molecular formula is C15H25NO2S2. The van der Waals surface area contributed by atoms with E-state index >= 15 is 0 Å². The molecule has 1 fully saturated rings. The Bertz CT molecular complexity index is 508. The molecule has 0 aliphatic heterocycles. The van der Waals surface area contributed by atoms with Crippen molar-refractivity contribution in [2.24, 2.45) is 11.8 Å². The van der Waals surface area contributed by atoms with Crippen LogP contribution in [0.15, 0.2) is 21.7 Å². The quantitative estimate of drug-likeness (QED) is 0.906. The molecule has 1 aromatic heterocycles. The third kappa shape index (κ3) is 3.26. The first kappa shape index (κ1) is 16.0. The lowest BCUT2D eigenvalue weighted by atomic mass is 9.79. The van der Waals surface area contributed by atoms with Crippen molar-refractivity contribution >= 4 is 21.2 Å². The van der Waals surface area contributed by atoms with E-state index in [9.17, 15) is 8.42 Å². The summed E-state index contributed by atoms with van der Waals surface area (Å²) in [5.41, 5.74) is 0. The van der Waals surface area contributed by atoms with Crippen LogP contribution in [0, 0.1) is 11.8 Å². The number of hydrogen-bond acceptors (Lipinski definition) is 4. The van der Waals surface area contributed by atoms with Crippen molar-refractivity contribution in [3.63, 3.8) is 0 Å². The molecule has 20 heavy (non-hydrogen) atoms. The molecule has 0 amide bonds. The fourth-order valence-corrected chi connectivity index (χ4v) is 6.43. The number of nitrogens with one attached hydrogen (secondary N) is 1. The third-order valence-electron chi connectivity index (χ3n) is 4.42. The summed E-state index contributed by atoms with van der Waals surface area (Å²) in [6.45, 7) is 7.27. The van der Waals surface area contributed by atoms with Gasteiger partial charge >= 0.3 is 0 Å². The van der Waals surface area contributed by atoms with Gasteiger partial charge in [-0.25, -0.2) is 8.42 Å². The van der Waals surface area contributed by atoms with Crippen LogP contribution >= 0.6 is 11.3 Å². The van der Waals surface area contributed by atoms with Crippen LogP contribution in [0.1, 0.15) is 40.0 Å². The molecule has 114 valence electrons. The molecule has 3 nitrogen and oxygen atoms in total. The van der Waals surface area contributed by atoms with Gasteiger partial charge in [0.25, 0.3) is 0 Å². The zero-order valence-corrected chi connectivity index (χ0v) is 14.1. The van der Waals surface area contributed by atoms with Crippen molar-refractivity contribution < 1.29 is 8.42 Å². The summed E-state index contributed by atoms with van der Waals surface area (Å²) < 4.78 is 26.3. The normalized spacial score (nSPS) is 27.9. The molecule has 1 saturated carbocycles. The summed E-state index contributed by atoms with van der Waals surface area (Å²) in [6.07, 6.45) is 2.88. The van der Waals surface area contributed by atoms with E-state index in [0.29, 0.717) is 16.0 Å². The number of hydrogen-bond donors (Lipinski definition) is 1. The first-order valence-electron chi connectivity index (χ1n) is 7.47. The Morgan fingerprint density at radius 2 is 2.15 bits per heavy atom. The van der Waals surface area contributed by atoms with Crippen molar-refractivity contribution in [3.8, 4) is 0 Å². The second-order valence-corrected chi connectivity index (χ2v) is 9.34. The molecule has 3 atom stereocenters. The van der Waals surface area contributed by atoms with E-state index in [1.54, 1.807) is 6.07 Å². The molecule has 3 unspecified atom stereocenters. The van der Waals surface area contributed by atoms with E-state index in [1.807, 2.05) is 18.4 Å². The Balaban J connectivity index is 2.27. The Kier molecular flexibility index (Phi) is 5.26. The maximum Gasteiger partial charge on any atom is 0.192 e. The van der Waals surface area contributed by atoms with Gasteiger partial charge in [0.05, 0.1) is 5.25 Å². The topological polar surface area (TPSA) is 46.2 Å². The minimum absolute atomic E-state index is 0.0992. The average molecular weight is 316 g/mol.